The topological polar surface area (TPSA) is 55.4 Å². The Labute approximate surface area is 183 Å². The third-order valence-electron chi connectivity index (χ3n) is 5.41. The van der Waals surface area contributed by atoms with Gasteiger partial charge in [0.1, 0.15) is 12.4 Å². The van der Waals surface area contributed by atoms with Crippen LogP contribution in [0.4, 0.5) is 17.6 Å². The molecule has 1 atom stereocenters. The number of halogens is 4. The van der Waals surface area contributed by atoms with Gasteiger partial charge in [0.25, 0.3) is 0 Å². The molecule has 170 valence electrons. The molecule has 32 heavy (non-hydrogen) atoms. The molecule has 0 unspecified atom stereocenters. The van der Waals surface area contributed by atoms with E-state index in [1.165, 1.54) is 11.1 Å². The molecular formula is C24H23F4NO3. The number of Topliss-reactive ketones (excluding diaryl/α,β-unsaturated/α-hetero) is 1. The lowest BCUT2D eigenvalue weighted by atomic mass is 9.79. The van der Waals surface area contributed by atoms with E-state index in [1.807, 2.05) is 12.1 Å². The average Bonchev–Trinajstić information content (AvgIpc) is 2.79. The molecule has 1 aliphatic carbocycles. The van der Waals surface area contributed by atoms with Crippen molar-refractivity contribution in [2.45, 2.75) is 37.8 Å². The maximum atomic E-state index is 12.9. The van der Waals surface area contributed by atoms with E-state index in [1.54, 1.807) is 29.6 Å². The van der Waals surface area contributed by atoms with Crippen molar-refractivity contribution in [1.82, 2.24) is 5.32 Å². The second kappa shape index (κ2) is 10.4. The van der Waals surface area contributed by atoms with Crippen LogP contribution in [0.3, 0.4) is 0 Å². The van der Waals surface area contributed by atoms with E-state index in [9.17, 15) is 27.2 Å². The lowest BCUT2D eigenvalue weighted by Crippen LogP contribution is -2.38. The van der Waals surface area contributed by atoms with Gasteiger partial charge in [0, 0.05) is 24.1 Å². The van der Waals surface area contributed by atoms with Gasteiger partial charge in [-0.3, -0.25) is 9.59 Å². The first-order valence-corrected chi connectivity index (χ1v) is 10.2. The minimum Gasteiger partial charge on any atom is -0.489 e. The number of ether oxygens (including phenoxy) is 1. The molecule has 0 aliphatic heterocycles. The van der Waals surface area contributed by atoms with E-state index in [0.717, 1.165) is 19.3 Å². The third kappa shape index (κ3) is 6.18. The number of hydrogen-bond donors (Lipinski definition) is 1. The van der Waals surface area contributed by atoms with Crippen molar-refractivity contribution in [1.29, 1.82) is 0 Å². The second-order valence-electron chi connectivity index (χ2n) is 7.68. The molecule has 0 fully saturated rings. The van der Waals surface area contributed by atoms with E-state index in [0.29, 0.717) is 17.7 Å². The summed E-state index contributed by atoms with van der Waals surface area (Å²) >= 11 is 0. The number of benzene rings is 2. The number of carbonyl (C=O) groups is 2. The highest BCUT2D eigenvalue weighted by Gasteiger charge is 2.38. The fraction of sp³-hybridized carbons (Fsp3) is 0.333. The van der Waals surface area contributed by atoms with Gasteiger partial charge in [-0.2, -0.15) is 13.2 Å². The molecule has 3 rings (SSSR count). The molecule has 1 aliphatic rings. The van der Waals surface area contributed by atoms with Crippen molar-refractivity contribution < 1.29 is 31.9 Å². The molecule has 0 saturated carbocycles. The maximum Gasteiger partial charge on any atom is 0.471 e. The predicted octanol–water partition coefficient (Wildman–Crippen LogP) is 5.29. The van der Waals surface area contributed by atoms with E-state index in [2.05, 4.69) is 12.1 Å². The van der Waals surface area contributed by atoms with Gasteiger partial charge in [-0.25, -0.2) is 4.39 Å². The Morgan fingerprint density at radius 1 is 1.09 bits per heavy atom. The minimum atomic E-state index is -5.04. The molecule has 2 aromatic carbocycles. The number of rotatable bonds is 8. The van der Waals surface area contributed by atoms with Gasteiger partial charge in [-0.1, -0.05) is 24.3 Å². The Morgan fingerprint density at radius 2 is 1.81 bits per heavy atom. The van der Waals surface area contributed by atoms with Crippen LogP contribution in [-0.4, -0.2) is 31.0 Å². The van der Waals surface area contributed by atoms with E-state index >= 15 is 0 Å². The minimum absolute atomic E-state index is 0.0115. The Bertz CT molecular complexity index is 983. The predicted molar refractivity (Wildman–Crippen MR) is 111 cm³/mol. The van der Waals surface area contributed by atoms with Gasteiger partial charge >= 0.3 is 12.1 Å². The highest BCUT2D eigenvalue weighted by Crippen LogP contribution is 2.34. The summed E-state index contributed by atoms with van der Waals surface area (Å²) in [7, 11) is 0. The number of hydrogen-bond acceptors (Lipinski definition) is 3. The lowest BCUT2D eigenvalue weighted by Gasteiger charge is -2.25. The van der Waals surface area contributed by atoms with Crippen molar-refractivity contribution in [3.05, 3.63) is 77.1 Å². The zero-order valence-corrected chi connectivity index (χ0v) is 17.3. The first-order valence-electron chi connectivity index (χ1n) is 10.2. The first kappa shape index (κ1) is 23.5. The Morgan fingerprint density at radius 3 is 2.50 bits per heavy atom. The van der Waals surface area contributed by atoms with Crippen LogP contribution in [-0.2, 0) is 11.2 Å². The Hall–Kier alpha value is -3.16. The van der Waals surface area contributed by atoms with E-state index in [-0.39, 0.29) is 30.2 Å². The monoisotopic (exact) mass is 449 g/mol. The number of fused-ring (bicyclic) bond motifs is 1. The molecule has 8 heteroatoms. The molecule has 1 amide bonds. The summed E-state index contributed by atoms with van der Waals surface area (Å²) in [5.41, 5.74) is 2.89. The molecule has 4 nitrogen and oxygen atoms in total. The highest BCUT2D eigenvalue weighted by atomic mass is 19.4. The van der Waals surface area contributed by atoms with Crippen LogP contribution in [0, 0.1) is 0 Å². The summed E-state index contributed by atoms with van der Waals surface area (Å²) in [6.07, 6.45) is -1.49. The zero-order chi connectivity index (χ0) is 23.1. The molecule has 0 spiro atoms. The summed E-state index contributed by atoms with van der Waals surface area (Å²) in [6.45, 7) is -0.977. The molecule has 2 aromatic rings. The molecule has 0 aromatic heterocycles. The summed E-state index contributed by atoms with van der Waals surface area (Å²) in [4.78, 5) is 23.6. The summed E-state index contributed by atoms with van der Waals surface area (Å²) in [5, 5.41) is 1.58. The fourth-order valence-corrected chi connectivity index (χ4v) is 3.74. The summed E-state index contributed by atoms with van der Waals surface area (Å²) in [5.74, 6) is -1.63. The van der Waals surface area contributed by atoms with Gasteiger partial charge in [-0.15, -0.1) is 0 Å². The third-order valence-corrected chi connectivity index (χ3v) is 5.41. The van der Waals surface area contributed by atoms with Gasteiger partial charge in [0.2, 0.25) is 0 Å². The van der Waals surface area contributed by atoms with Gasteiger partial charge in [0.15, 0.2) is 5.78 Å². The summed E-state index contributed by atoms with van der Waals surface area (Å²) in [6, 6.07) is 14.5. The van der Waals surface area contributed by atoms with Crippen LogP contribution < -0.4 is 10.1 Å². The summed E-state index contributed by atoms with van der Waals surface area (Å²) < 4.78 is 54.8. The van der Waals surface area contributed by atoms with Crippen molar-refractivity contribution in [2.24, 2.45) is 0 Å². The average molecular weight is 449 g/mol. The van der Waals surface area contributed by atoms with Crippen LogP contribution in [0.2, 0.25) is 0 Å². The van der Waals surface area contributed by atoms with Crippen LogP contribution in [0.25, 0.3) is 0 Å². The van der Waals surface area contributed by atoms with Crippen LogP contribution in [0.5, 0.6) is 5.75 Å². The Balaban J connectivity index is 1.53. The smallest absolute Gasteiger partial charge is 0.471 e. The largest absolute Gasteiger partial charge is 0.489 e. The number of carbonyl (C=O) groups excluding carboxylic acids is 2. The number of amides is 1. The number of alkyl halides is 3. The van der Waals surface area contributed by atoms with Gasteiger partial charge in [-0.05, 0) is 60.6 Å². The second-order valence-corrected chi connectivity index (χ2v) is 7.68. The number of aryl methyl sites for hydroxylation is 1. The van der Waals surface area contributed by atoms with Crippen LogP contribution in [0.1, 0.15) is 46.7 Å². The maximum absolute atomic E-state index is 12.9. The van der Waals surface area contributed by atoms with Gasteiger partial charge < -0.3 is 10.1 Å². The Kier molecular flexibility index (Phi) is 7.66. The van der Waals surface area contributed by atoms with E-state index < -0.39 is 18.6 Å². The number of nitrogens with one attached hydrogen (secondary N) is 1. The quantitative estimate of drug-likeness (QED) is 0.440. The molecule has 0 radical (unpaired) electrons. The van der Waals surface area contributed by atoms with Crippen molar-refractivity contribution in [3.63, 3.8) is 0 Å². The molecular weight excluding hydrogens is 426 g/mol. The highest BCUT2D eigenvalue weighted by molar-refractivity contribution is 5.96. The van der Waals surface area contributed by atoms with Crippen LogP contribution in [0.15, 0.2) is 60.4 Å². The number of ketones is 1. The first-order chi connectivity index (χ1) is 15.3. The fourth-order valence-electron chi connectivity index (χ4n) is 3.74. The van der Waals surface area contributed by atoms with E-state index in [4.69, 9.17) is 4.74 Å². The van der Waals surface area contributed by atoms with Gasteiger partial charge in [0.05, 0.1) is 6.33 Å². The van der Waals surface area contributed by atoms with Crippen molar-refractivity contribution >= 4 is 11.7 Å². The normalized spacial score (nSPS) is 16.2. The standard InChI is InChI=1S/C24H23F4NO3/c25-13-16(14-29-23(31)24(26,27)28)15-32-20-10-8-18(9-11-20)22(30)12-19-6-3-5-17-4-1-2-7-21(17)19/h1-2,4,7-11,13,19H,3,5-6,12,14-15H2,(H,29,31)/t19-/m1/s1. The SMILES string of the molecule is O=C(C[C@H]1CCCc2ccccc21)c1ccc(OCC(=CF)CNC(=O)C(F)(F)F)cc1. The molecule has 1 N–H and O–H groups in total. The molecule has 0 bridgehead atoms. The lowest BCUT2D eigenvalue weighted by molar-refractivity contribution is -0.173. The molecule has 0 heterocycles. The van der Waals surface area contributed by atoms with Crippen molar-refractivity contribution in [3.8, 4) is 5.75 Å². The van der Waals surface area contributed by atoms with Crippen LogP contribution >= 0.6 is 0 Å². The zero-order valence-electron chi connectivity index (χ0n) is 17.3. The van der Waals surface area contributed by atoms with Crippen molar-refractivity contribution in [2.75, 3.05) is 13.2 Å². The molecule has 0 saturated heterocycles.